The number of aliphatic hydroxyl groups is 2. The van der Waals surface area contributed by atoms with E-state index in [0.29, 0.717) is 12.0 Å². The molecule has 0 amide bonds. The monoisotopic (exact) mass is 311 g/mol. The first-order chi connectivity index (χ1) is 9.93. The quantitative estimate of drug-likeness (QED) is 0.762. The Kier molecular flexibility index (Phi) is 6.85. The predicted molar refractivity (Wildman–Crippen MR) is 81.1 cm³/mol. The third kappa shape index (κ3) is 4.83. The topological polar surface area (TPSA) is 77.8 Å². The van der Waals surface area contributed by atoms with Crippen molar-refractivity contribution in [3.8, 4) is 11.8 Å². The summed E-state index contributed by atoms with van der Waals surface area (Å²) in [5.41, 5.74) is 0.695. The molecular formula is C15H21NO4S. The molecule has 0 aliphatic carbocycles. The van der Waals surface area contributed by atoms with Gasteiger partial charge in [-0.2, -0.15) is 4.31 Å². The second kappa shape index (κ2) is 8.15. The molecule has 0 saturated carbocycles. The Morgan fingerprint density at radius 2 is 1.76 bits per heavy atom. The van der Waals surface area contributed by atoms with Crippen LogP contribution in [0.25, 0.3) is 0 Å². The van der Waals surface area contributed by atoms with Gasteiger partial charge in [-0.3, -0.25) is 0 Å². The molecule has 116 valence electrons. The third-order valence-corrected chi connectivity index (χ3v) is 4.92. The summed E-state index contributed by atoms with van der Waals surface area (Å²) in [5.74, 6) is 5.62. The number of aliphatic hydroxyl groups excluding tert-OH is 2. The van der Waals surface area contributed by atoms with Gasteiger partial charge in [-0.1, -0.05) is 11.8 Å². The highest BCUT2D eigenvalue weighted by Gasteiger charge is 2.26. The van der Waals surface area contributed by atoms with E-state index in [2.05, 4.69) is 11.8 Å². The molecule has 6 heteroatoms. The summed E-state index contributed by atoms with van der Waals surface area (Å²) in [5, 5.41) is 17.7. The lowest BCUT2D eigenvalue weighted by molar-refractivity contribution is 0.236. The number of nitrogens with zero attached hydrogens (tertiary/aromatic N) is 1. The molecule has 0 unspecified atom stereocenters. The fourth-order valence-electron chi connectivity index (χ4n) is 1.82. The Balaban J connectivity index is 3.02. The van der Waals surface area contributed by atoms with E-state index in [-0.39, 0.29) is 30.7 Å². The summed E-state index contributed by atoms with van der Waals surface area (Å²) < 4.78 is 26.2. The average Bonchev–Trinajstić information content (AvgIpc) is 2.45. The summed E-state index contributed by atoms with van der Waals surface area (Å²) in [6, 6.07) is 6.05. The Bertz CT molecular complexity index is 597. The molecule has 0 radical (unpaired) electrons. The van der Waals surface area contributed by atoms with Crippen LogP contribution in [0.1, 0.15) is 25.8 Å². The van der Waals surface area contributed by atoms with Crippen molar-refractivity contribution >= 4 is 10.0 Å². The van der Waals surface area contributed by atoms with Gasteiger partial charge in [-0.15, -0.1) is 0 Å². The van der Waals surface area contributed by atoms with Gasteiger partial charge < -0.3 is 10.2 Å². The van der Waals surface area contributed by atoms with Crippen LogP contribution in [0.5, 0.6) is 0 Å². The SMILES string of the molecule is CC(C)N(CCO)S(=O)(=O)c1ccc(C#CCCO)cc1. The summed E-state index contributed by atoms with van der Waals surface area (Å²) >= 11 is 0. The predicted octanol–water partition coefficient (Wildman–Crippen LogP) is 0.812. The summed E-state index contributed by atoms with van der Waals surface area (Å²) in [6.07, 6.45) is 0.387. The van der Waals surface area contributed by atoms with E-state index in [4.69, 9.17) is 10.2 Å². The fraction of sp³-hybridized carbons (Fsp3) is 0.467. The normalized spacial score (nSPS) is 11.5. The van der Waals surface area contributed by atoms with Gasteiger partial charge in [0.05, 0.1) is 18.1 Å². The zero-order chi connectivity index (χ0) is 15.9. The van der Waals surface area contributed by atoms with Crippen LogP contribution in [-0.4, -0.2) is 48.7 Å². The molecule has 1 aromatic rings. The lowest BCUT2D eigenvalue weighted by atomic mass is 10.2. The van der Waals surface area contributed by atoms with Crippen molar-refractivity contribution in [3.63, 3.8) is 0 Å². The molecule has 2 N–H and O–H groups in total. The lowest BCUT2D eigenvalue weighted by Crippen LogP contribution is -2.38. The van der Waals surface area contributed by atoms with Gasteiger partial charge in [-0.05, 0) is 38.1 Å². The summed E-state index contributed by atoms with van der Waals surface area (Å²) in [4.78, 5) is 0.178. The minimum atomic E-state index is -3.62. The minimum absolute atomic E-state index is 0.00394. The van der Waals surface area contributed by atoms with Crippen molar-refractivity contribution in [1.29, 1.82) is 0 Å². The molecule has 0 saturated heterocycles. The number of sulfonamides is 1. The van der Waals surface area contributed by atoms with E-state index in [0.717, 1.165) is 0 Å². The van der Waals surface area contributed by atoms with E-state index in [1.165, 1.54) is 16.4 Å². The van der Waals surface area contributed by atoms with Crippen molar-refractivity contribution < 1.29 is 18.6 Å². The number of benzene rings is 1. The van der Waals surface area contributed by atoms with Gasteiger partial charge >= 0.3 is 0 Å². The van der Waals surface area contributed by atoms with Gasteiger partial charge in [-0.25, -0.2) is 8.42 Å². The molecular weight excluding hydrogens is 290 g/mol. The van der Waals surface area contributed by atoms with Crippen LogP contribution in [0.3, 0.4) is 0 Å². The Morgan fingerprint density at radius 1 is 1.14 bits per heavy atom. The highest BCUT2D eigenvalue weighted by molar-refractivity contribution is 7.89. The van der Waals surface area contributed by atoms with Crippen LogP contribution < -0.4 is 0 Å². The van der Waals surface area contributed by atoms with E-state index in [1.807, 2.05) is 0 Å². The van der Waals surface area contributed by atoms with Crippen molar-refractivity contribution in [3.05, 3.63) is 29.8 Å². The highest BCUT2D eigenvalue weighted by atomic mass is 32.2. The van der Waals surface area contributed by atoms with Crippen molar-refractivity contribution in [2.45, 2.75) is 31.2 Å². The molecule has 0 spiro atoms. The molecule has 21 heavy (non-hydrogen) atoms. The Morgan fingerprint density at radius 3 is 2.24 bits per heavy atom. The van der Waals surface area contributed by atoms with Crippen molar-refractivity contribution in [1.82, 2.24) is 4.31 Å². The van der Waals surface area contributed by atoms with E-state index >= 15 is 0 Å². The third-order valence-electron chi connectivity index (χ3n) is 2.83. The Labute approximate surface area is 126 Å². The molecule has 0 bridgehead atoms. The first kappa shape index (κ1) is 17.7. The lowest BCUT2D eigenvalue weighted by Gasteiger charge is -2.25. The highest BCUT2D eigenvalue weighted by Crippen LogP contribution is 2.18. The van der Waals surface area contributed by atoms with Crippen molar-refractivity contribution in [2.24, 2.45) is 0 Å². The maximum absolute atomic E-state index is 12.5. The second-order valence-corrected chi connectivity index (χ2v) is 6.62. The van der Waals surface area contributed by atoms with Crippen LogP contribution in [0.4, 0.5) is 0 Å². The molecule has 1 rings (SSSR count). The van der Waals surface area contributed by atoms with E-state index in [1.54, 1.807) is 26.0 Å². The zero-order valence-corrected chi connectivity index (χ0v) is 13.1. The first-order valence-corrected chi connectivity index (χ1v) is 8.20. The fourth-order valence-corrected chi connectivity index (χ4v) is 3.45. The van der Waals surface area contributed by atoms with Gasteiger partial charge in [0.15, 0.2) is 0 Å². The van der Waals surface area contributed by atoms with Gasteiger partial charge in [0, 0.05) is 24.6 Å². The molecule has 0 atom stereocenters. The number of rotatable bonds is 6. The average molecular weight is 311 g/mol. The summed E-state index contributed by atoms with van der Waals surface area (Å²) in [6.45, 7) is 3.38. The van der Waals surface area contributed by atoms with Gasteiger partial charge in [0.25, 0.3) is 0 Å². The molecule has 0 aromatic heterocycles. The zero-order valence-electron chi connectivity index (χ0n) is 12.3. The van der Waals surface area contributed by atoms with Crippen molar-refractivity contribution in [2.75, 3.05) is 19.8 Å². The molecule has 0 heterocycles. The minimum Gasteiger partial charge on any atom is -0.395 e. The molecule has 0 aliphatic rings. The maximum Gasteiger partial charge on any atom is 0.243 e. The molecule has 5 nitrogen and oxygen atoms in total. The first-order valence-electron chi connectivity index (χ1n) is 6.76. The molecule has 0 fully saturated rings. The smallest absolute Gasteiger partial charge is 0.243 e. The largest absolute Gasteiger partial charge is 0.395 e. The van der Waals surface area contributed by atoms with Crippen LogP contribution in [0.15, 0.2) is 29.2 Å². The second-order valence-electron chi connectivity index (χ2n) is 4.73. The summed E-state index contributed by atoms with van der Waals surface area (Å²) in [7, 11) is -3.62. The van der Waals surface area contributed by atoms with E-state index < -0.39 is 10.0 Å². The van der Waals surface area contributed by atoms with Crippen LogP contribution in [0, 0.1) is 11.8 Å². The van der Waals surface area contributed by atoms with Crippen LogP contribution in [0.2, 0.25) is 0 Å². The maximum atomic E-state index is 12.5. The standard InChI is InChI=1S/C15H21NO4S/c1-13(2)16(10-12-18)21(19,20)15-8-6-14(7-9-15)5-3-4-11-17/h6-9,13,17-18H,4,10-12H2,1-2H3. The molecule has 1 aromatic carbocycles. The van der Waals surface area contributed by atoms with Crippen LogP contribution >= 0.6 is 0 Å². The number of hydrogen-bond donors (Lipinski definition) is 2. The number of hydrogen-bond acceptors (Lipinski definition) is 4. The van der Waals surface area contributed by atoms with Crippen LogP contribution in [-0.2, 0) is 10.0 Å². The van der Waals surface area contributed by atoms with Gasteiger partial charge in [0.1, 0.15) is 0 Å². The molecule has 0 aliphatic heterocycles. The Hall–Kier alpha value is -1.39. The van der Waals surface area contributed by atoms with Gasteiger partial charge in [0.2, 0.25) is 10.0 Å². The van der Waals surface area contributed by atoms with E-state index in [9.17, 15) is 8.42 Å².